The Morgan fingerprint density at radius 1 is 1.22 bits per heavy atom. The van der Waals surface area contributed by atoms with E-state index in [2.05, 4.69) is 10.6 Å². The molecule has 27 heavy (non-hydrogen) atoms. The molecule has 3 rings (SSSR count). The molecule has 0 atom stereocenters. The van der Waals surface area contributed by atoms with E-state index in [4.69, 9.17) is 5.11 Å². The van der Waals surface area contributed by atoms with E-state index in [1.807, 2.05) is 4.90 Å². The molecule has 2 fully saturated rings. The fourth-order valence-electron chi connectivity index (χ4n) is 3.41. The maximum absolute atomic E-state index is 12.5. The van der Waals surface area contributed by atoms with Gasteiger partial charge in [0.2, 0.25) is 5.91 Å². The molecule has 0 saturated heterocycles. The zero-order valence-corrected chi connectivity index (χ0v) is 15.6. The molecule has 3 N–H and O–H groups in total. The van der Waals surface area contributed by atoms with Gasteiger partial charge < -0.3 is 15.7 Å². The molecule has 0 aliphatic heterocycles. The number of nitrogens with zero attached hydrogens (tertiary/aromatic N) is 1. The lowest BCUT2D eigenvalue weighted by Gasteiger charge is -2.42. The van der Waals surface area contributed by atoms with Crippen LogP contribution in [0.5, 0.6) is 0 Å². The Labute approximate surface area is 159 Å². The Morgan fingerprint density at radius 2 is 1.96 bits per heavy atom. The molecule has 0 aromatic heterocycles. The van der Waals surface area contributed by atoms with E-state index in [-0.39, 0.29) is 30.4 Å². The first-order valence-corrected chi connectivity index (χ1v) is 9.61. The topological polar surface area (TPSA) is 98.7 Å². The van der Waals surface area contributed by atoms with Crippen molar-refractivity contribution in [1.82, 2.24) is 10.2 Å². The molecule has 0 heterocycles. The van der Waals surface area contributed by atoms with Gasteiger partial charge in [0.15, 0.2) is 0 Å². The molecule has 7 heteroatoms. The van der Waals surface area contributed by atoms with Crippen LogP contribution in [0.25, 0.3) is 0 Å². The van der Waals surface area contributed by atoms with Gasteiger partial charge in [0.25, 0.3) is 5.91 Å². The summed E-state index contributed by atoms with van der Waals surface area (Å²) >= 11 is 0. The van der Waals surface area contributed by atoms with Crippen molar-refractivity contribution in [3.63, 3.8) is 0 Å². The Kier molecular flexibility index (Phi) is 6.11. The fraction of sp³-hybridized carbons (Fsp3) is 0.550. The molecule has 1 aromatic rings. The highest BCUT2D eigenvalue weighted by atomic mass is 16.4. The summed E-state index contributed by atoms with van der Waals surface area (Å²) in [6, 6.07) is 7.17. The normalized spacial score (nSPS) is 21.4. The van der Waals surface area contributed by atoms with Crippen molar-refractivity contribution in [3.05, 3.63) is 29.8 Å². The lowest BCUT2D eigenvalue weighted by molar-refractivity contribution is -0.139. The Morgan fingerprint density at radius 3 is 2.59 bits per heavy atom. The summed E-state index contributed by atoms with van der Waals surface area (Å²) < 4.78 is 0. The molecule has 146 valence electrons. The minimum Gasteiger partial charge on any atom is -0.480 e. The molecule has 2 aliphatic rings. The lowest BCUT2D eigenvalue weighted by atomic mass is 9.85. The number of carbonyl (C=O) groups excluding carboxylic acids is 2. The third-order valence-corrected chi connectivity index (χ3v) is 5.22. The van der Waals surface area contributed by atoms with E-state index in [1.54, 1.807) is 31.2 Å². The van der Waals surface area contributed by atoms with Gasteiger partial charge >= 0.3 is 5.97 Å². The van der Waals surface area contributed by atoms with Gasteiger partial charge in [0.1, 0.15) is 0 Å². The number of nitrogens with one attached hydrogen (secondary N) is 2. The number of aliphatic carboxylic acids is 1. The zero-order chi connectivity index (χ0) is 19.4. The number of carboxylic acid groups (broad SMARTS) is 1. The Hall–Kier alpha value is -2.41. The molecular formula is C20H27N3O4. The number of amides is 2. The molecule has 2 aliphatic carbocycles. The van der Waals surface area contributed by atoms with E-state index in [1.165, 1.54) is 12.8 Å². The zero-order valence-electron chi connectivity index (χ0n) is 15.6. The van der Waals surface area contributed by atoms with Crippen LogP contribution in [0.3, 0.4) is 0 Å². The van der Waals surface area contributed by atoms with Crippen molar-refractivity contribution < 1.29 is 19.5 Å². The van der Waals surface area contributed by atoms with Crippen molar-refractivity contribution in [2.24, 2.45) is 5.92 Å². The van der Waals surface area contributed by atoms with Crippen molar-refractivity contribution >= 4 is 23.5 Å². The lowest BCUT2D eigenvalue weighted by Crippen LogP contribution is -2.55. The van der Waals surface area contributed by atoms with Gasteiger partial charge in [0, 0.05) is 36.3 Å². The predicted octanol–water partition coefficient (Wildman–Crippen LogP) is 2.09. The predicted molar refractivity (Wildman–Crippen MR) is 102 cm³/mol. The van der Waals surface area contributed by atoms with Crippen LogP contribution < -0.4 is 10.6 Å². The minimum absolute atomic E-state index is 0.0619. The Balaban J connectivity index is 1.50. The molecule has 2 saturated carbocycles. The van der Waals surface area contributed by atoms with Crippen molar-refractivity contribution in [2.45, 2.75) is 51.1 Å². The number of rotatable bonds is 9. The number of hydrogen-bond donors (Lipinski definition) is 3. The smallest absolute Gasteiger partial charge is 0.317 e. The summed E-state index contributed by atoms with van der Waals surface area (Å²) in [6.07, 6.45) is 4.31. The van der Waals surface area contributed by atoms with Crippen molar-refractivity contribution in [1.29, 1.82) is 0 Å². The first-order valence-electron chi connectivity index (χ1n) is 9.61. The van der Waals surface area contributed by atoms with E-state index in [9.17, 15) is 14.4 Å². The van der Waals surface area contributed by atoms with Crippen LogP contribution >= 0.6 is 0 Å². The SMILES string of the molecule is CCC(=O)Nc1cccc(C(=O)NC2CC(N(CC(=O)O)CC3CC3)C2)c1. The van der Waals surface area contributed by atoms with Crippen LogP contribution in [0.4, 0.5) is 5.69 Å². The first kappa shape index (κ1) is 19.4. The molecule has 7 nitrogen and oxygen atoms in total. The summed E-state index contributed by atoms with van der Waals surface area (Å²) in [7, 11) is 0. The molecular weight excluding hydrogens is 346 g/mol. The number of anilines is 1. The maximum Gasteiger partial charge on any atom is 0.317 e. The van der Waals surface area contributed by atoms with Crippen LogP contribution in [0.1, 0.15) is 49.4 Å². The molecule has 1 aromatic carbocycles. The summed E-state index contributed by atoms with van der Waals surface area (Å²) in [4.78, 5) is 37.1. The fourth-order valence-corrected chi connectivity index (χ4v) is 3.41. The minimum atomic E-state index is -0.797. The van der Waals surface area contributed by atoms with Crippen LogP contribution in [-0.4, -0.2) is 53.0 Å². The summed E-state index contributed by atoms with van der Waals surface area (Å²) in [5, 5.41) is 14.9. The third-order valence-electron chi connectivity index (χ3n) is 5.22. The summed E-state index contributed by atoms with van der Waals surface area (Å²) in [5.41, 5.74) is 1.12. The van der Waals surface area contributed by atoms with Crippen LogP contribution in [0.15, 0.2) is 24.3 Å². The summed E-state index contributed by atoms with van der Waals surface area (Å²) in [5.74, 6) is -0.422. The average molecular weight is 373 g/mol. The van der Waals surface area contributed by atoms with Gasteiger partial charge in [-0.1, -0.05) is 13.0 Å². The van der Waals surface area contributed by atoms with Gasteiger partial charge in [-0.15, -0.1) is 0 Å². The maximum atomic E-state index is 12.5. The standard InChI is InChI=1S/C20H27N3O4/c1-2-18(24)21-15-5-3-4-14(8-15)20(27)22-16-9-17(10-16)23(12-19(25)26)11-13-6-7-13/h3-5,8,13,16-17H,2,6-7,9-12H2,1H3,(H,21,24)(H,22,27)(H,25,26). The number of benzene rings is 1. The highest BCUT2D eigenvalue weighted by molar-refractivity contribution is 5.97. The van der Waals surface area contributed by atoms with E-state index < -0.39 is 5.97 Å². The number of carbonyl (C=O) groups is 3. The highest BCUT2D eigenvalue weighted by Gasteiger charge is 2.37. The molecule has 0 radical (unpaired) electrons. The second-order valence-corrected chi connectivity index (χ2v) is 7.54. The van der Waals surface area contributed by atoms with Gasteiger partial charge in [-0.3, -0.25) is 19.3 Å². The number of carboxylic acids is 1. The molecule has 0 spiro atoms. The van der Waals surface area contributed by atoms with Crippen molar-refractivity contribution in [3.8, 4) is 0 Å². The van der Waals surface area contributed by atoms with Gasteiger partial charge in [-0.2, -0.15) is 0 Å². The van der Waals surface area contributed by atoms with Crippen LogP contribution in [-0.2, 0) is 9.59 Å². The van der Waals surface area contributed by atoms with Crippen molar-refractivity contribution in [2.75, 3.05) is 18.4 Å². The largest absolute Gasteiger partial charge is 0.480 e. The van der Waals surface area contributed by atoms with E-state index in [0.717, 1.165) is 19.4 Å². The Bertz CT molecular complexity index is 711. The van der Waals surface area contributed by atoms with Crippen LogP contribution in [0.2, 0.25) is 0 Å². The second kappa shape index (κ2) is 8.52. The molecule has 0 bridgehead atoms. The molecule has 2 amide bonds. The molecule has 0 unspecified atom stereocenters. The highest BCUT2D eigenvalue weighted by Crippen LogP contribution is 2.33. The van der Waals surface area contributed by atoms with Gasteiger partial charge in [-0.05, 0) is 49.8 Å². The number of hydrogen-bond acceptors (Lipinski definition) is 4. The van der Waals surface area contributed by atoms with Gasteiger partial charge in [-0.25, -0.2) is 0 Å². The monoisotopic (exact) mass is 373 g/mol. The summed E-state index contributed by atoms with van der Waals surface area (Å²) in [6.45, 7) is 2.69. The first-order chi connectivity index (χ1) is 12.9. The average Bonchev–Trinajstić information content (AvgIpc) is 3.40. The third kappa shape index (κ3) is 5.53. The van der Waals surface area contributed by atoms with Gasteiger partial charge in [0.05, 0.1) is 6.54 Å². The second-order valence-electron chi connectivity index (χ2n) is 7.54. The van der Waals surface area contributed by atoms with Crippen LogP contribution in [0, 0.1) is 5.92 Å². The van der Waals surface area contributed by atoms with E-state index >= 15 is 0 Å². The van der Waals surface area contributed by atoms with E-state index in [0.29, 0.717) is 23.6 Å². The quantitative estimate of drug-likeness (QED) is 0.616.